The lowest BCUT2D eigenvalue weighted by atomic mass is 9.85. The number of aromatic nitrogens is 2. The minimum Gasteiger partial charge on any atom is -0.481 e. The van der Waals surface area contributed by atoms with Crippen molar-refractivity contribution in [1.82, 2.24) is 9.36 Å². The Balaban J connectivity index is 1.98. The number of piperidine rings is 1. The number of aryl methyl sites for hydroxylation is 1. The first kappa shape index (κ1) is 13.3. The summed E-state index contributed by atoms with van der Waals surface area (Å²) >= 11 is 1.43. The maximum absolute atomic E-state index is 10.8. The standard InChI is InChI=1S/C12H19N3O2S/c1-8(6-11(16)17)10-4-3-5-15(7-10)12-13-9(2)14-18-12/h8,10H,3-7H2,1-2H3,(H,16,17). The van der Waals surface area contributed by atoms with Gasteiger partial charge in [0.05, 0.1) is 0 Å². The molecule has 0 saturated carbocycles. The van der Waals surface area contributed by atoms with Gasteiger partial charge in [-0.05, 0) is 31.6 Å². The summed E-state index contributed by atoms with van der Waals surface area (Å²) in [6, 6.07) is 0. The van der Waals surface area contributed by atoms with E-state index in [1.165, 1.54) is 11.5 Å². The molecule has 1 aromatic rings. The Kier molecular flexibility index (Phi) is 4.16. The van der Waals surface area contributed by atoms with Gasteiger partial charge in [-0.2, -0.15) is 4.37 Å². The predicted octanol–water partition coefficient (Wildman–Crippen LogP) is 2.17. The van der Waals surface area contributed by atoms with E-state index in [2.05, 4.69) is 14.3 Å². The number of hydrogen-bond donors (Lipinski definition) is 1. The molecule has 2 rings (SSSR count). The Morgan fingerprint density at radius 1 is 1.67 bits per heavy atom. The summed E-state index contributed by atoms with van der Waals surface area (Å²) in [5.41, 5.74) is 0. The highest BCUT2D eigenvalue weighted by molar-refractivity contribution is 7.09. The molecule has 0 aliphatic carbocycles. The van der Waals surface area contributed by atoms with Gasteiger partial charge in [-0.25, -0.2) is 4.98 Å². The molecule has 2 unspecified atom stereocenters. The second-order valence-electron chi connectivity index (χ2n) is 5.05. The zero-order valence-electron chi connectivity index (χ0n) is 10.8. The van der Waals surface area contributed by atoms with Crippen molar-refractivity contribution >= 4 is 22.6 Å². The average molecular weight is 269 g/mol. The number of carbonyl (C=O) groups is 1. The largest absolute Gasteiger partial charge is 0.481 e. The first-order chi connectivity index (χ1) is 8.56. The normalized spacial score (nSPS) is 21.9. The summed E-state index contributed by atoms with van der Waals surface area (Å²) in [6.07, 6.45) is 2.48. The van der Waals surface area contributed by atoms with Crippen molar-refractivity contribution in [2.45, 2.75) is 33.1 Å². The molecule has 1 aliphatic heterocycles. The van der Waals surface area contributed by atoms with Crippen LogP contribution in [0.3, 0.4) is 0 Å². The van der Waals surface area contributed by atoms with Gasteiger partial charge in [0.1, 0.15) is 5.82 Å². The molecule has 0 bridgehead atoms. The first-order valence-corrected chi connectivity index (χ1v) is 7.10. The summed E-state index contributed by atoms with van der Waals surface area (Å²) in [5.74, 6) is 0.778. The molecule has 0 radical (unpaired) electrons. The lowest BCUT2D eigenvalue weighted by Gasteiger charge is -2.35. The number of anilines is 1. The van der Waals surface area contributed by atoms with Crippen LogP contribution in [0.1, 0.15) is 32.0 Å². The van der Waals surface area contributed by atoms with E-state index in [1.807, 2.05) is 13.8 Å². The van der Waals surface area contributed by atoms with E-state index in [4.69, 9.17) is 5.11 Å². The highest BCUT2D eigenvalue weighted by atomic mass is 32.1. The van der Waals surface area contributed by atoms with Gasteiger partial charge >= 0.3 is 5.97 Å². The first-order valence-electron chi connectivity index (χ1n) is 6.33. The van der Waals surface area contributed by atoms with E-state index in [9.17, 15) is 4.79 Å². The van der Waals surface area contributed by atoms with Crippen molar-refractivity contribution in [3.05, 3.63) is 5.82 Å². The van der Waals surface area contributed by atoms with Crippen LogP contribution in [0, 0.1) is 18.8 Å². The monoisotopic (exact) mass is 269 g/mol. The Bertz CT molecular complexity index is 421. The Morgan fingerprint density at radius 3 is 3.06 bits per heavy atom. The van der Waals surface area contributed by atoms with Crippen LogP contribution in [0.25, 0.3) is 0 Å². The van der Waals surface area contributed by atoms with E-state index in [1.54, 1.807) is 0 Å². The quantitative estimate of drug-likeness (QED) is 0.907. The average Bonchev–Trinajstić information content (AvgIpc) is 2.75. The zero-order valence-corrected chi connectivity index (χ0v) is 11.6. The van der Waals surface area contributed by atoms with Gasteiger partial charge in [0.2, 0.25) is 5.13 Å². The Morgan fingerprint density at radius 2 is 2.44 bits per heavy atom. The third-order valence-electron chi connectivity index (χ3n) is 3.55. The maximum atomic E-state index is 10.8. The van der Waals surface area contributed by atoms with Gasteiger partial charge in [0, 0.05) is 31.0 Å². The van der Waals surface area contributed by atoms with Crippen molar-refractivity contribution in [3.8, 4) is 0 Å². The summed E-state index contributed by atoms with van der Waals surface area (Å²) < 4.78 is 4.20. The topological polar surface area (TPSA) is 66.3 Å². The van der Waals surface area contributed by atoms with E-state index in [-0.39, 0.29) is 12.3 Å². The second kappa shape index (κ2) is 5.65. The minimum absolute atomic E-state index is 0.222. The molecule has 2 heterocycles. The van der Waals surface area contributed by atoms with Crippen LogP contribution < -0.4 is 4.90 Å². The lowest BCUT2D eigenvalue weighted by molar-refractivity contribution is -0.138. The van der Waals surface area contributed by atoms with Crippen LogP contribution >= 0.6 is 11.5 Å². The Labute approximate surface area is 111 Å². The summed E-state index contributed by atoms with van der Waals surface area (Å²) in [6.45, 7) is 5.84. The van der Waals surface area contributed by atoms with Gasteiger partial charge in [0.15, 0.2) is 0 Å². The minimum atomic E-state index is -0.702. The predicted molar refractivity (Wildman–Crippen MR) is 71.0 cm³/mol. The van der Waals surface area contributed by atoms with E-state index in [0.29, 0.717) is 5.92 Å². The van der Waals surface area contributed by atoms with Crippen molar-refractivity contribution < 1.29 is 9.90 Å². The molecule has 0 aromatic carbocycles. The van der Waals surface area contributed by atoms with Crippen molar-refractivity contribution in [2.24, 2.45) is 11.8 Å². The molecular weight excluding hydrogens is 250 g/mol. The lowest BCUT2D eigenvalue weighted by Crippen LogP contribution is -2.38. The maximum Gasteiger partial charge on any atom is 0.303 e. The molecule has 18 heavy (non-hydrogen) atoms. The van der Waals surface area contributed by atoms with Crippen molar-refractivity contribution in [1.29, 1.82) is 0 Å². The van der Waals surface area contributed by atoms with Crippen LogP contribution in [0.5, 0.6) is 0 Å². The number of hydrogen-bond acceptors (Lipinski definition) is 5. The smallest absolute Gasteiger partial charge is 0.303 e. The van der Waals surface area contributed by atoms with Crippen LogP contribution in [0.15, 0.2) is 0 Å². The van der Waals surface area contributed by atoms with E-state index < -0.39 is 5.97 Å². The summed E-state index contributed by atoms with van der Waals surface area (Å²) in [5, 5.41) is 9.84. The Hall–Kier alpha value is -1.17. The molecule has 5 nitrogen and oxygen atoms in total. The van der Waals surface area contributed by atoms with E-state index in [0.717, 1.165) is 36.9 Å². The fourth-order valence-electron chi connectivity index (χ4n) is 2.50. The summed E-state index contributed by atoms with van der Waals surface area (Å²) in [4.78, 5) is 17.4. The van der Waals surface area contributed by atoms with Crippen LogP contribution in [0.4, 0.5) is 5.13 Å². The number of carboxylic acids is 1. The number of aliphatic carboxylic acids is 1. The SMILES string of the molecule is Cc1nsc(N2CCCC(C(C)CC(=O)O)C2)n1. The fraction of sp³-hybridized carbons (Fsp3) is 0.750. The highest BCUT2D eigenvalue weighted by Crippen LogP contribution is 2.29. The van der Waals surface area contributed by atoms with Gasteiger partial charge in [-0.3, -0.25) is 4.79 Å². The van der Waals surface area contributed by atoms with Crippen LogP contribution in [0.2, 0.25) is 0 Å². The third-order valence-corrected chi connectivity index (χ3v) is 4.41. The van der Waals surface area contributed by atoms with Crippen LogP contribution in [-0.4, -0.2) is 33.5 Å². The zero-order chi connectivity index (χ0) is 13.1. The molecule has 1 fully saturated rings. The molecule has 1 aromatic heterocycles. The molecule has 2 atom stereocenters. The van der Waals surface area contributed by atoms with Crippen molar-refractivity contribution in [3.63, 3.8) is 0 Å². The second-order valence-corrected chi connectivity index (χ2v) is 5.78. The molecule has 1 aliphatic rings. The molecular formula is C12H19N3O2S. The van der Waals surface area contributed by atoms with Gasteiger partial charge in [-0.15, -0.1) is 0 Å². The van der Waals surface area contributed by atoms with Gasteiger partial charge in [0.25, 0.3) is 0 Å². The number of carboxylic acid groups (broad SMARTS) is 1. The van der Waals surface area contributed by atoms with Gasteiger partial charge in [-0.1, -0.05) is 6.92 Å². The molecule has 1 saturated heterocycles. The molecule has 6 heteroatoms. The molecule has 0 spiro atoms. The molecule has 1 N–H and O–H groups in total. The van der Waals surface area contributed by atoms with Gasteiger partial charge < -0.3 is 10.0 Å². The number of rotatable bonds is 4. The highest BCUT2D eigenvalue weighted by Gasteiger charge is 2.27. The summed E-state index contributed by atoms with van der Waals surface area (Å²) in [7, 11) is 0. The van der Waals surface area contributed by atoms with Crippen LogP contribution in [-0.2, 0) is 4.79 Å². The van der Waals surface area contributed by atoms with Crippen molar-refractivity contribution in [2.75, 3.05) is 18.0 Å². The number of nitrogens with zero attached hydrogens (tertiary/aromatic N) is 3. The molecule has 100 valence electrons. The molecule has 0 amide bonds. The third kappa shape index (κ3) is 3.19. The fourth-order valence-corrected chi connectivity index (χ4v) is 3.21. The van der Waals surface area contributed by atoms with E-state index >= 15 is 0 Å².